The summed E-state index contributed by atoms with van der Waals surface area (Å²) >= 11 is 0. The molecule has 4 aromatic rings. The number of carbonyl (C=O) groups excluding carboxylic acids is 1. The lowest BCUT2D eigenvalue weighted by Crippen LogP contribution is -2.39. The van der Waals surface area contributed by atoms with Gasteiger partial charge in [0.2, 0.25) is 11.7 Å². The van der Waals surface area contributed by atoms with Crippen molar-refractivity contribution >= 4 is 11.6 Å². The monoisotopic (exact) mass is 456 g/mol. The third-order valence-corrected chi connectivity index (χ3v) is 6.09. The summed E-state index contributed by atoms with van der Waals surface area (Å²) in [7, 11) is 0. The first kappa shape index (κ1) is 21.8. The van der Waals surface area contributed by atoms with Gasteiger partial charge in [-0.1, -0.05) is 47.6 Å². The van der Waals surface area contributed by atoms with E-state index in [1.165, 1.54) is 12.1 Å². The smallest absolute Gasteiger partial charge is 0.255 e. The second-order valence-corrected chi connectivity index (χ2v) is 8.44. The zero-order valence-corrected chi connectivity index (χ0v) is 18.7. The van der Waals surface area contributed by atoms with Crippen LogP contribution in [0.25, 0.3) is 11.4 Å². The van der Waals surface area contributed by atoms with Crippen LogP contribution in [-0.4, -0.2) is 34.0 Å². The van der Waals surface area contributed by atoms with Crippen LogP contribution < -0.4 is 5.32 Å². The first-order valence-corrected chi connectivity index (χ1v) is 11.4. The molecule has 1 aliphatic heterocycles. The van der Waals surface area contributed by atoms with Gasteiger partial charge in [0.25, 0.3) is 5.91 Å². The number of carbonyl (C=O) groups is 1. The van der Waals surface area contributed by atoms with E-state index in [1.807, 2.05) is 47.4 Å². The molecule has 1 N–H and O–H groups in total. The van der Waals surface area contributed by atoms with Gasteiger partial charge in [-0.3, -0.25) is 4.79 Å². The van der Waals surface area contributed by atoms with Crippen molar-refractivity contribution in [2.45, 2.75) is 25.3 Å². The lowest BCUT2D eigenvalue weighted by Gasteiger charge is -2.31. The Kier molecular flexibility index (Phi) is 6.33. The number of piperidine rings is 1. The fraction of sp³-hybridized carbons (Fsp3) is 0.222. The molecule has 2 heterocycles. The summed E-state index contributed by atoms with van der Waals surface area (Å²) in [6.45, 7) is 1.83. The number of nitrogens with zero attached hydrogens (tertiary/aromatic N) is 3. The number of amides is 1. The van der Waals surface area contributed by atoms with E-state index < -0.39 is 0 Å². The third-order valence-electron chi connectivity index (χ3n) is 6.09. The Morgan fingerprint density at radius 2 is 1.79 bits per heavy atom. The number of hydrogen-bond donors (Lipinski definition) is 1. The van der Waals surface area contributed by atoms with Gasteiger partial charge < -0.3 is 14.7 Å². The van der Waals surface area contributed by atoms with Crippen molar-refractivity contribution in [1.82, 2.24) is 15.0 Å². The standard InChI is InChI=1S/C27H25FN4O2/c28-22-14-12-20(13-15-22)25-30-26(34-31-25)21-9-6-16-32(18-21)27(33)23-10-4-5-11-24(23)29-17-19-7-2-1-3-8-19/h1-5,7-8,10-15,21,29H,6,9,16-18H2. The summed E-state index contributed by atoms with van der Waals surface area (Å²) in [6, 6.07) is 23.7. The summed E-state index contributed by atoms with van der Waals surface area (Å²) < 4.78 is 18.7. The van der Waals surface area contributed by atoms with Crippen LogP contribution in [0.2, 0.25) is 0 Å². The number of hydrogen-bond acceptors (Lipinski definition) is 5. The van der Waals surface area contributed by atoms with E-state index in [9.17, 15) is 9.18 Å². The molecule has 1 amide bonds. The maximum Gasteiger partial charge on any atom is 0.255 e. The number of aromatic nitrogens is 2. The summed E-state index contributed by atoms with van der Waals surface area (Å²) in [4.78, 5) is 19.8. The fourth-order valence-electron chi connectivity index (χ4n) is 4.27. The van der Waals surface area contributed by atoms with Gasteiger partial charge in [0.1, 0.15) is 5.82 Å². The Morgan fingerprint density at radius 3 is 2.62 bits per heavy atom. The molecule has 5 rings (SSSR count). The Labute approximate surface area is 197 Å². The largest absolute Gasteiger partial charge is 0.380 e. The van der Waals surface area contributed by atoms with Gasteiger partial charge in [-0.25, -0.2) is 4.39 Å². The molecule has 0 spiro atoms. The minimum absolute atomic E-state index is 0.0147. The van der Waals surface area contributed by atoms with Crippen molar-refractivity contribution in [1.29, 1.82) is 0 Å². The molecule has 1 atom stereocenters. The van der Waals surface area contributed by atoms with Crippen LogP contribution in [0, 0.1) is 5.82 Å². The highest BCUT2D eigenvalue weighted by Gasteiger charge is 2.30. The summed E-state index contributed by atoms with van der Waals surface area (Å²) in [5.74, 6) is 0.566. The molecule has 7 heteroatoms. The van der Waals surface area contributed by atoms with Gasteiger partial charge in [-0.05, 0) is 54.8 Å². The predicted octanol–water partition coefficient (Wildman–Crippen LogP) is 5.51. The van der Waals surface area contributed by atoms with E-state index in [0.717, 1.165) is 24.1 Å². The number of likely N-dealkylation sites (tertiary alicyclic amines) is 1. The van der Waals surface area contributed by atoms with Gasteiger partial charge >= 0.3 is 0 Å². The first-order chi connectivity index (χ1) is 16.7. The number of nitrogens with one attached hydrogen (secondary N) is 1. The van der Waals surface area contributed by atoms with Gasteiger partial charge in [0.15, 0.2) is 0 Å². The van der Waals surface area contributed by atoms with Crippen molar-refractivity contribution in [3.63, 3.8) is 0 Å². The van der Waals surface area contributed by atoms with E-state index in [2.05, 4.69) is 27.6 Å². The minimum Gasteiger partial charge on any atom is -0.380 e. The van der Waals surface area contributed by atoms with Gasteiger partial charge in [0.05, 0.1) is 11.5 Å². The van der Waals surface area contributed by atoms with Crippen LogP contribution in [0.4, 0.5) is 10.1 Å². The Morgan fingerprint density at radius 1 is 1.03 bits per heavy atom. The number of benzene rings is 3. The zero-order valence-electron chi connectivity index (χ0n) is 18.7. The van der Waals surface area contributed by atoms with Gasteiger partial charge in [-0.2, -0.15) is 4.98 Å². The van der Waals surface area contributed by atoms with Crippen molar-refractivity contribution in [2.24, 2.45) is 0 Å². The van der Waals surface area contributed by atoms with E-state index in [0.29, 0.717) is 42.5 Å². The maximum absolute atomic E-state index is 13.5. The molecule has 1 aromatic heterocycles. The predicted molar refractivity (Wildman–Crippen MR) is 128 cm³/mol. The average Bonchev–Trinajstić information content (AvgIpc) is 3.39. The van der Waals surface area contributed by atoms with Crippen LogP contribution in [0.1, 0.15) is 40.6 Å². The van der Waals surface area contributed by atoms with Gasteiger partial charge in [-0.15, -0.1) is 0 Å². The molecule has 1 aliphatic rings. The fourth-order valence-corrected chi connectivity index (χ4v) is 4.27. The van der Waals surface area contributed by atoms with E-state index in [4.69, 9.17) is 4.52 Å². The second-order valence-electron chi connectivity index (χ2n) is 8.44. The quantitative estimate of drug-likeness (QED) is 0.414. The normalized spacial score (nSPS) is 15.8. The summed E-state index contributed by atoms with van der Waals surface area (Å²) in [5, 5.41) is 7.47. The van der Waals surface area contributed by atoms with Crippen LogP contribution in [0.5, 0.6) is 0 Å². The lowest BCUT2D eigenvalue weighted by molar-refractivity contribution is 0.0696. The highest BCUT2D eigenvalue weighted by Crippen LogP contribution is 2.29. The SMILES string of the molecule is O=C(c1ccccc1NCc1ccccc1)N1CCCC(c2nc(-c3ccc(F)cc3)no2)C1. The maximum atomic E-state index is 13.5. The molecule has 1 fully saturated rings. The van der Waals surface area contributed by atoms with Crippen LogP contribution in [-0.2, 0) is 6.54 Å². The van der Waals surface area contributed by atoms with Crippen molar-refractivity contribution < 1.29 is 13.7 Å². The molecule has 3 aromatic carbocycles. The number of halogens is 1. The van der Waals surface area contributed by atoms with Crippen molar-refractivity contribution in [2.75, 3.05) is 18.4 Å². The van der Waals surface area contributed by atoms with Gasteiger partial charge in [0, 0.05) is 30.9 Å². The Hall–Kier alpha value is -4.00. The second kappa shape index (κ2) is 9.87. The lowest BCUT2D eigenvalue weighted by atomic mass is 9.97. The molecule has 0 aliphatic carbocycles. The molecule has 34 heavy (non-hydrogen) atoms. The molecular weight excluding hydrogens is 431 g/mol. The minimum atomic E-state index is -0.313. The summed E-state index contributed by atoms with van der Waals surface area (Å²) in [5.41, 5.74) is 3.31. The first-order valence-electron chi connectivity index (χ1n) is 11.4. The number of para-hydroxylation sites is 1. The molecule has 0 saturated carbocycles. The van der Waals surface area contributed by atoms with Crippen molar-refractivity contribution in [3.8, 4) is 11.4 Å². The molecular formula is C27H25FN4O2. The van der Waals surface area contributed by atoms with E-state index in [1.54, 1.807) is 12.1 Å². The molecule has 172 valence electrons. The van der Waals surface area contributed by atoms with Crippen molar-refractivity contribution in [3.05, 3.63) is 102 Å². The molecule has 0 bridgehead atoms. The Balaban J connectivity index is 1.29. The van der Waals surface area contributed by atoms with E-state index >= 15 is 0 Å². The number of rotatable bonds is 6. The molecule has 0 radical (unpaired) electrons. The van der Waals surface area contributed by atoms with Crippen LogP contribution >= 0.6 is 0 Å². The topological polar surface area (TPSA) is 71.3 Å². The van der Waals surface area contributed by atoms with Crippen LogP contribution in [0.15, 0.2) is 83.4 Å². The highest BCUT2D eigenvalue weighted by atomic mass is 19.1. The third kappa shape index (κ3) is 4.83. The highest BCUT2D eigenvalue weighted by molar-refractivity contribution is 5.99. The van der Waals surface area contributed by atoms with E-state index in [-0.39, 0.29) is 17.6 Å². The van der Waals surface area contributed by atoms with Crippen LogP contribution in [0.3, 0.4) is 0 Å². The number of anilines is 1. The average molecular weight is 457 g/mol. The molecule has 1 unspecified atom stereocenters. The summed E-state index contributed by atoms with van der Waals surface area (Å²) in [6.07, 6.45) is 1.72. The zero-order chi connectivity index (χ0) is 23.3. The molecule has 6 nitrogen and oxygen atoms in total. The Bertz CT molecular complexity index is 1260. The molecule has 1 saturated heterocycles.